The third kappa shape index (κ3) is 2.19. The first kappa shape index (κ1) is 15.1. The molecule has 1 amide bonds. The van der Waals surface area contributed by atoms with Gasteiger partial charge in [-0.3, -0.25) is 9.36 Å². The molecule has 0 saturated heterocycles. The second-order valence-corrected chi connectivity index (χ2v) is 7.16. The van der Waals surface area contributed by atoms with Crippen molar-refractivity contribution in [1.29, 1.82) is 0 Å². The zero-order chi connectivity index (χ0) is 16.8. The minimum Gasteiger partial charge on any atom is -0.305 e. The van der Waals surface area contributed by atoms with Crippen molar-refractivity contribution in [3.63, 3.8) is 0 Å². The minimum atomic E-state index is 0.0726. The van der Waals surface area contributed by atoms with Crippen LogP contribution in [0.5, 0.6) is 0 Å². The van der Waals surface area contributed by atoms with E-state index in [0.29, 0.717) is 0 Å². The molecule has 0 bridgehead atoms. The van der Waals surface area contributed by atoms with Gasteiger partial charge in [-0.2, -0.15) is 0 Å². The lowest BCUT2D eigenvalue weighted by Gasteiger charge is -2.22. The van der Waals surface area contributed by atoms with Crippen LogP contribution in [0.2, 0.25) is 0 Å². The largest absolute Gasteiger partial charge is 0.305 e. The van der Waals surface area contributed by atoms with E-state index in [9.17, 15) is 4.79 Å². The fourth-order valence-corrected chi connectivity index (χ4v) is 4.36. The lowest BCUT2D eigenvalue weighted by molar-refractivity contribution is 0.0981. The smallest absolute Gasteiger partial charge is 0.260 e. The summed E-state index contributed by atoms with van der Waals surface area (Å²) in [6.45, 7) is 6.12. The topological polar surface area (TPSA) is 38.1 Å². The van der Waals surface area contributed by atoms with Crippen LogP contribution in [0.15, 0.2) is 41.9 Å². The van der Waals surface area contributed by atoms with Gasteiger partial charge >= 0.3 is 0 Å². The summed E-state index contributed by atoms with van der Waals surface area (Å²) >= 11 is 1.58. The fourth-order valence-electron chi connectivity index (χ4n) is 3.60. The molecule has 0 aliphatic carbocycles. The van der Waals surface area contributed by atoms with Crippen LogP contribution in [-0.2, 0) is 6.42 Å². The van der Waals surface area contributed by atoms with Crippen molar-refractivity contribution in [2.75, 3.05) is 4.90 Å². The minimum absolute atomic E-state index is 0.0726. The maximum atomic E-state index is 13.3. The van der Waals surface area contributed by atoms with Crippen molar-refractivity contribution in [3.8, 4) is 5.13 Å². The highest BCUT2D eigenvalue weighted by molar-refractivity contribution is 7.12. The molecule has 1 atom stereocenters. The number of hydrogen-bond acceptors (Lipinski definition) is 3. The number of aryl methyl sites for hydroxylation is 1. The van der Waals surface area contributed by atoms with Crippen molar-refractivity contribution in [3.05, 3.63) is 64.4 Å². The number of aromatic nitrogens is 2. The second kappa shape index (κ2) is 5.60. The van der Waals surface area contributed by atoms with Gasteiger partial charge in [0.05, 0.1) is 5.56 Å². The molecule has 24 heavy (non-hydrogen) atoms. The first-order chi connectivity index (χ1) is 11.6. The number of nitrogens with zero attached hydrogens (tertiary/aromatic N) is 3. The van der Waals surface area contributed by atoms with Crippen LogP contribution >= 0.6 is 11.3 Å². The maximum absolute atomic E-state index is 13.3. The van der Waals surface area contributed by atoms with Gasteiger partial charge in [0.1, 0.15) is 0 Å². The number of carbonyl (C=O) groups excluding carboxylic acids is 1. The van der Waals surface area contributed by atoms with E-state index in [-0.39, 0.29) is 11.9 Å². The summed E-state index contributed by atoms with van der Waals surface area (Å²) in [4.78, 5) is 19.6. The summed E-state index contributed by atoms with van der Waals surface area (Å²) in [6.07, 6.45) is 2.70. The average Bonchev–Trinajstić information content (AvgIpc) is 3.24. The van der Waals surface area contributed by atoms with Gasteiger partial charge in [-0.25, -0.2) is 4.98 Å². The Labute approximate surface area is 145 Å². The molecule has 0 spiro atoms. The van der Waals surface area contributed by atoms with Crippen LogP contribution in [0.1, 0.15) is 34.2 Å². The molecule has 1 aliphatic rings. The molecule has 0 fully saturated rings. The summed E-state index contributed by atoms with van der Waals surface area (Å²) < 4.78 is 2.06. The second-order valence-electron chi connectivity index (χ2n) is 6.29. The van der Waals surface area contributed by atoms with Crippen molar-refractivity contribution in [2.24, 2.45) is 0 Å². The summed E-state index contributed by atoms with van der Waals surface area (Å²) in [7, 11) is 0. The Morgan fingerprint density at radius 1 is 1.29 bits per heavy atom. The third-order valence-corrected chi connectivity index (χ3v) is 5.45. The molecule has 0 N–H and O–H groups in total. The molecule has 4 nitrogen and oxygen atoms in total. The van der Waals surface area contributed by atoms with Gasteiger partial charge in [0.2, 0.25) is 0 Å². The lowest BCUT2D eigenvalue weighted by atomic mass is 10.1. The van der Waals surface area contributed by atoms with Gasteiger partial charge in [0.15, 0.2) is 5.13 Å². The van der Waals surface area contributed by atoms with Crippen molar-refractivity contribution in [1.82, 2.24) is 9.55 Å². The molecular weight excluding hydrogens is 318 g/mol. The van der Waals surface area contributed by atoms with E-state index in [2.05, 4.69) is 22.5 Å². The molecule has 3 aromatic rings. The Morgan fingerprint density at radius 3 is 2.83 bits per heavy atom. The Kier molecular flexibility index (Phi) is 3.53. The van der Waals surface area contributed by atoms with E-state index in [4.69, 9.17) is 0 Å². The Bertz CT molecular complexity index is 911. The molecule has 2 aromatic heterocycles. The van der Waals surface area contributed by atoms with Gasteiger partial charge in [0, 0.05) is 34.7 Å². The van der Waals surface area contributed by atoms with Crippen LogP contribution in [0, 0.1) is 13.8 Å². The van der Waals surface area contributed by atoms with Crippen LogP contribution in [-0.4, -0.2) is 21.5 Å². The predicted octanol–water partition coefficient (Wildman–Crippen LogP) is 4.14. The summed E-state index contributed by atoms with van der Waals surface area (Å²) in [5, 5.41) is 2.85. The predicted molar refractivity (Wildman–Crippen MR) is 97.3 cm³/mol. The number of benzene rings is 1. The summed E-state index contributed by atoms with van der Waals surface area (Å²) in [6, 6.07) is 10.3. The van der Waals surface area contributed by atoms with E-state index < -0.39 is 0 Å². The normalized spacial score (nSPS) is 16.5. The molecule has 0 saturated carbocycles. The van der Waals surface area contributed by atoms with Crippen LogP contribution in [0.25, 0.3) is 5.13 Å². The molecule has 0 radical (unpaired) electrons. The average molecular weight is 337 g/mol. The first-order valence-corrected chi connectivity index (χ1v) is 8.96. The Balaban J connectivity index is 1.78. The van der Waals surface area contributed by atoms with Gasteiger partial charge in [-0.05, 0) is 44.9 Å². The Morgan fingerprint density at radius 2 is 2.08 bits per heavy atom. The molecule has 1 aromatic carbocycles. The standard InChI is InChI=1S/C19H19N3OS/c1-12-10-15-6-4-5-7-17(15)22(12)18(23)16-11-13(2)21(14(16)3)19-20-8-9-24-19/h4-9,11-12H,10H2,1-3H3. The Hall–Kier alpha value is -2.40. The van der Waals surface area contributed by atoms with Gasteiger partial charge in [-0.1, -0.05) is 18.2 Å². The first-order valence-electron chi connectivity index (χ1n) is 8.08. The van der Waals surface area contributed by atoms with E-state index in [1.165, 1.54) is 5.56 Å². The van der Waals surface area contributed by atoms with E-state index in [1.807, 2.05) is 48.4 Å². The number of para-hydroxylation sites is 1. The number of carbonyl (C=O) groups is 1. The molecule has 1 aliphatic heterocycles. The molecular formula is C19H19N3OS. The molecule has 122 valence electrons. The molecule has 1 unspecified atom stereocenters. The van der Waals surface area contributed by atoms with Crippen LogP contribution < -0.4 is 4.90 Å². The van der Waals surface area contributed by atoms with Crippen molar-refractivity contribution in [2.45, 2.75) is 33.2 Å². The van der Waals surface area contributed by atoms with Gasteiger partial charge in [0.25, 0.3) is 5.91 Å². The van der Waals surface area contributed by atoms with Crippen LogP contribution in [0.3, 0.4) is 0 Å². The SMILES string of the molecule is Cc1cc(C(=O)N2c3ccccc3CC2C)c(C)n1-c1nccs1. The van der Waals surface area contributed by atoms with E-state index >= 15 is 0 Å². The molecule has 5 heteroatoms. The number of thiazole rings is 1. The zero-order valence-electron chi connectivity index (χ0n) is 14.0. The van der Waals surface area contributed by atoms with Crippen molar-refractivity contribution >= 4 is 22.9 Å². The number of amides is 1. The zero-order valence-corrected chi connectivity index (χ0v) is 14.8. The quantitative estimate of drug-likeness (QED) is 0.705. The van der Waals surface area contributed by atoms with E-state index in [0.717, 1.165) is 34.2 Å². The number of rotatable bonds is 2. The number of anilines is 1. The monoisotopic (exact) mass is 337 g/mol. The summed E-state index contributed by atoms with van der Waals surface area (Å²) in [5.41, 5.74) is 5.02. The summed E-state index contributed by atoms with van der Waals surface area (Å²) in [5.74, 6) is 0.0726. The third-order valence-electron chi connectivity index (χ3n) is 4.70. The highest BCUT2D eigenvalue weighted by Crippen LogP contribution is 2.34. The number of fused-ring (bicyclic) bond motifs is 1. The number of hydrogen-bond donors (Lipinski definition) is 0. The van der Waals surface area contributed by atoms with Gasteiger partial charge < -0.3 is 4.90 Å². The molecule has 4 rings (SSSR count). The highest BCUT2D eigenvalue weighted by Gasteiger charge is 2.33. The lowest BCUT2D eigenvalue weighted by Crippen LogP contribution is -2.36. The molecule has 3 heterocycles. The van der Waals surface area contributed by atoms with Crippen molar-refractivity contribution < 1.29 is 4.79 Å². The maximum Gasteiger partial charge on any atom is 0.260 e. The van der Waals surface area contributed by atoms with E-state index in [1.54, 1.807) is 17.5 Å². The van der Waals surface area contributed by atoms with Crippen LogP contribution in [0.4, 0.5) is 5.69 Å². The fraction of sp³-hybridized carbons (Fsp3) is 0.263. The van der Waals surface area contributed by atoms with Gasteiger partial charge in [-0.15, -0.1) is 11.3 Å². The highest BCUT2D eigenvalue weighted by atomic mass is 32.1.